The Balaban J connectivity index is 1.98. The Morgan fingerprint density at radius 2 is 2.00 bits per heavy atom. The van der Waals surface area contributed by atoms with E-state index in [1.54, 1.807) is 14.2 Å². The quantitative estimate of drug-likeness (QED) is 0.845. The zero-order chi connectivity index (χ0) is 12.3. The number of ether oxygens (including phenoxy) is 2. The largest absolute Gasteiger partial charge is 0.493 e. The van der Waals surface area contributed by atoms with Crippen LogP contribution in [0.1, 0.15) is 18.4 Å². The van der Waals surface area contributed by atoms with Gasteiger partial charge in [-0.05, 0) is 30.5 Å². The molecule has 0 aromatic heterocycles. The van der Waals surface area contributed by atoms with Crippen molar-refractivity contribution in [1.82, 2.24) is 5.32 Å². The van der Waals surface area contributed by atoms with E-state index in [1.807, 2.05) is 18.2 Å². The third-order valence-corrected chi connectivity index (χ3v) is 2.86. The van der Waals surface area contributed by atoms with Crippen molar-refractivity contribution in [3.8, 4) is 11.5 Å². The van der Waals surface area contributed by atoms with Gasteiger partial charge in [0.1, 0.15) is 0 Å². The van der Waals surface area contributed by atoms with Crippen LogP contribution in [0, 0.1) is 5.92 Å². The van der Waals surface area contributed by atoms with Gasteiger partial charge in [0.05, 0.1) is 14.2 Å². The van der Waals surface area contributed by atoms with Crippen molar-refractivity contribution < 1.29 is 14.3 Å². The molecule has 1 N–H and O–H groups in total. The van der Waals surface area contributed by atoms with E-state index in [4.69, 9.17) is 9.47 Å². The lowest BCUT2D eigenvalue weighted by Gasteiger charge is -2.10. The number of carbonyl (C=O) groups is 1. The predicted octanol–water partition coefficient (Wildman–Crippen LogP) is 1.73. The van der Waals surface area contributed by atoms with Crippen LogP contribution in [-0.4, -0.2) is 20.1 Å². The Bertz CT molecular complexity index is 413. The molecular formula is C13H17NO3. The van der Waals surface area contributed by atoms with Crippen LogP contribution in [0.5, 0.6) is 11.5 Å². The average Bonchev–Trinajstić information content (AvgIpc) is 3.19. The van der Waals surface area contributed by atoms with Crippen molar-refractivity contribution in [3.05, 3.63) is 23.8 Å². The molecule has 1 saturated carbocycles. The van der Waals surface area contributed by atoms with Gasteiger partial charge in [0.15, 0.2) is 11.5 Å². The van der Waals surface area contributed by atoms with Gasteiger partial charge < -0.3 is 14.8 Å². The number of nitrogens with one attached hydrogen (secondary N) is 1. The molecule has 1 amide bonds. The number of benzene rings is 1. The second-order valence-electron chi connectivity index (χ2n) is 4.18. The number of hydrogen-bond donors (Lipinski definition) is 1. The molecule has 1 aromatic carbocycles. The van der Waals surface area contributed by atoms with Crippen LogP contribution in [0.4, 0.5) is 0 Å². The lowest BCUT2D eigenvalue weighted by molar-refractivity contribution is -0.122. The summed E-state index contributed by atoms with van der Waals surface area (Å²) in [7, 11) is 3.21. The predicted molar refractivity (Wildman–Crippen MR) is 64.1 cm³/mol. The van der Waals surface area contributed by atoms with Crippen LogP contribution in [0.25, 0.3) is 0 Å². The molecule has 1 fully saturated rings. The molecule has 0 heterocycles. The minimum Gasteiger partial charge on any atom is -0.493 e. The highest BCUT2D eigenvalue weighted by atomic mass is 16.5. The first-order chi connectivity index (χ1) is 8.24. The zero-order valence-electron chi connectivity index (χ0n) is 10.2. The van der Waals surface area contributed by atoms with Crippen LogP contribution in [0.15, 0.2) is 18.2 Å². The van der Waals surface area contributed by atoms with E-state index in [0.717, 1.165) is 18.4 Å². The maximum atomic E-state index is 11.5. The molecule has 92 valence electrons. The SMILES string of the molecule is COc1ccc(CNC(=O)C2CC2)cc1OC. The normalized spacial score (nSPS) is 14.2. The molecule has 1 aromatic rings. The molecule has 2 rings (SSSR count). The number of hydrogen-bond acceptors (Lipinski definition) is 3. The maximum absolute atomic E-state index is 11.5. The summed E-state index contributed by atoms with van der Waals surface area (Å²) < 4.78 is 10.4. The molecule has 4 nitrogen and oxygen atoms in total. The Morgan fingerprint density at radius 3 is 2.59 bits per heavy atom. The minimum atomic E-state index is 0.153. The summed E-state index contributed by atoms with van der Waals surface area (Å²) in [5.74, 6) is 1.78. The molecule has 4 heteroatoms. The van der Waals surface area contributed by atoms with Gasteiger partial charge in [-0.15, -0.1) is 0 Å². The van der Waals surface area contributed by atoms with E-state index in [0.29, 0.717) is 18.0 Å². The van der Waals surface area contributed by atoms with E-state index in [9.17, 15) is 4.79 Å². The highest BCUT2D eigenvalue weighted by Gasteiger charge is 2.29. The molecule has 0 radical (unpaired) electrons. The molecule has 17 heavy (non-hydrogen) atoms. The molecule has 0 unspecified atom stereocenters. The second-order valence-corrected chi connectivity index (χ2v) is 4.18. The number of rotatable bonds is 5. The van der Waals surface area contributed by atoms with Crippen LogP contribution in [-0.2, 0) is 11.3 Å². The Morgan fingerprint density at radius 1 is 1.29 bits per heavy atom. The molecule has 1 aliphatic carbocycles. The van der Waals surface area contributed by atoms with Crippen molar-refractivity contribution in [3.63, 3.8) is 0 Å². The summed E-state index contributed by atoms with van der Waals surface area (Å²) in [4.78, 5) is 11.5. The summed E-state index contributed by atoms with van der Waals surface area (Å²) >= 11 is 0. The number of methoxy groups -OCH3 is 2. The topological polar surface area (TPSA) is 47.6 Å². The molecule has 1 aliphatic rings. The van der Waals surface area contributed by atoms with Gasteiger partial charge in [-0.25, -0.2) is 0 Å². The van der Waals surface area contributed by atoms with Crippen LogP contribution in [0.3, 0.4) is 0 Å². The Kier molecular flexibility index (Phi) is 3.52. The smallest absolute Gasteiger partial charge is 0.223 e. The summed E-state index contributed by atoms with van der Waals surface area (Å²) in [5.41, 5.74) is 1.01. The van der Waals surface area contributed by atoms with E-state index < -0.39 is 0 Å². The van der Waals surface area contributed by atoms with Gasteiger partial charge in [0, 0.05) is 12.5 Å². The third kappa shape index (κ3) is 2.90. The first kappa shape index (κ1) is 11.8. The van der Waals surface area contributed by atoms with E-state index >= 15 is 0 Å². The van der Waals surface area contributed by atoms with Crippen molar-refractivity contribution in [2.45, 2.75) is 19.4 Å². The highest BCUT2D eigenvalue weighted by Crippen LogP contribution is 2.29. The molecule has 0 saturated heterocycles. The lowest BCUT2D eigenvalue weighted by Crippen LogP contribution is -2.24. The molecular weight excluding hydrogens is 218 g/mol. The standard InChI is InChI=1S/C13H17NO3/c1-16-11-6-3-9(7-12(11)17-2)8-14-13(15)10-4-5-10/h3,6-7,10H,4-5,8H2,1-2H3,(H,14,15). The second kappa shape index (κ2) is 5.08. The minimum absolute atomic E-state index is 0.153. The lowest BCUT2D eigenvalue weighted by atomic mass is 10.2. The number of carbonyl (C=O) groups excluding carboxylic acids is 1. The molecule has 0 spiro atoms. The summed E-state index contributed by atoms with van der Waals surface area (Å²) in [6, 6.07) is 5.65. The Hall–Kier alpha value is -1.71. The van der Waals surface area contributed by atoms with Crippen molar-refractivity contribution >= 4 is 5.91 Å². The average molecular weight is 235 g/mol. The summed E-state index contributed by atoms with van der Waals surface area (Å²) in [5, 5.41) is 2.91. The van der Waals surface area contributed by atoms with Crippen LogP contribution >= 0.6 is 0 Å². The fourth-order valence-corrected chi connectivity index (χ4v) is 1.67. The third-order valence-electron chi connectivity index (χ3n) is 2.86. The van der Waals surface area contributed by atoms with Crippen molar-refractivity contribution in [2.24, 2.45) is 5.92 Å². The Labute approximate surface area is 101 Å². The van der Waals surface area contributed by atoms with Gasteiger partial charge >= 0.3 is 0 Å². The van der Waals surface area contributed by atoms with Gasteiger partial charge in [0.25, 0.3) is 0 Å². The first-order valence-electron chi connectivity index (χ1n) is 5.73. The van der Waals surface area contributed by atoms with E-state index in [1.165, 1.54) is 0 Å². The fraction of sp³-hybridized carbons (Fsp3) is 0.462. The fourth-order valence-electron chi connectivity index (χ4n) is 1.67. The van der Waals surface area contributed by atoms with Gasteiger partial charge in [-0.3, -0.25) is 4.79 Å². The van der Waals surface area contributed by atoms with Crippen molar-refractivity contribution in [2.75, 3.05) is 14.2 Å². The van der Waals surface area contributed by atoms with Gasteiger partial charge in [-0.1, -0.05) is 6.07 Å². The van der Waals surface area contributed by atoms with E-state index in [2.05, 4.69) is 5.32 Å². The molecule has 0 aliphatic heterocycles. The van der Waals surface area contributed by atoms with Crippen LogP contribution in [0.2, 0.25) is 0 Å². The highest BCUT2D eigenvalue weighted by molar-refractivity contribution is 5.80. The maximum Gasteiger partial charge on any atom is 0.223 e. The first-order valence-corrected chi connectivity index (χ1v) is 5.73. The molecule has 0 bridgehead atoms. The van der Waals surface area contributed by atoms with Gasteiger partial charge in [-0.2, -0.15) is 0 Å². The zero-order valence-corrected chi connectivity index (χ0v) is 10.2. The van der Waals surface area contributed by atoms with Gasteiger partial charge in [0.2, 0.25) is 5.91 Å². The molecule has 0 atom stereocenters. The summed E-state index contributed by atoms with van der Waals surface area (Å²) in [6.07, 6.45) is 2.05. The van der Waals surface area contributed by atoms with E-state index in [-0.39, 0.29) is 11.8 Å². The van der Waals surface area contributed by atoms with Crippen LogP contribution < -0.4 is 14.8 Å². The summed E-state index contributed by atoms with van der Waals surface area (Å²) in [6.45, 7) is 0.537. The monoisotopic (exact) mass is 235 g/mol. The van der Waals surface area contributed by atoms with Crippen molar-refractivity contribution in [1.29, 1.82) is 0 Å². The number of amides is 1.